The molecule has 0 spiro atoms. The Balaban J connectivity index is -0.000000179. The van der Waals surface area contributed by atoms with E-state index in [4.69, 9.17) is 0 Å². The Morgan fingerprint density at radius 3 is 0.429 bits per heavy atom. The van der Waals surface area contributed by atoms with Gasteiger partial charge in [-0.3, -0.25) is 0 Å². The maximum Gasteiger partial charge on any atom is -0.0180 e. The van der Waals surface area contributed by atoms with Gasteiger partial charge in [0.1, 0.15) is 0 Å². The first-order chi connectivity index (χ1) is 7.75. The molecule has 0 heteroatoms. The van der Waals surface area contributed by atoms with E-state index in [1.165, 1.54) is 0 Å². The minimum atomic E-state index is 0. The Morgan fingerprint density at radius 2 is 0.429 bits per heavy atom. The lowest BCUT2D eigenvalue weighted by atomic mass is 9.46. The van der Waals surface area contributed by atoms with Crippen LogP contribution in [-0.4, -0.2) is 0 Å². The number of hydrogen-bond donors (Lipinski definition) is 0. The van der Waals surface area contributed by atoms with Gasteiger partial charge in [0.2, 0.25) is 0 Å². The molecule has 0 nitrogen and oxygen atoms in total. The quantitative estimate of drug-likeness (QED) is 0.421. The Labute approximate surface area is 139 Å². The van der Waals surface area contributed by atoms with E-state index in [-0.39, 0.29) is 14.9 Å². The second kappa shape index (κ2) is 8.02. The van der Waals surface area contributed by atoms with Crippen LogP contribution in [0.15, 0.2) is 0 Å². The molecule has 21 heavy (non-hydrogen) atoms. The smallest absolute Gasteiger partial charge is 0.0180 e. The lowest BCUT2D eigenvalue weighted by Crippen LogP contribution is -2.52. The van der Waals surface area contributed by atoms with Crippen LogP contribution in [0.4, 0.5) is 0 Å². The zero-order chi connectivity index (χ0) is 16.5. The molecule has 0 aliphatic rings. The van der Waals surface area contributed by atoms with Crippen molar-refractivity contribution in [3.63, 3.8) is 0 Å². The predicted octanol–water partition coefficient (Wildman–Crippen LogP) is 8.46. The maximum atomic E-state index is 2.44. The fourth-order valence-electron chi connectivity index (χ4n) is 3.38. The first kappa shape index (κ1) is 29.1. The first-order valence-corrected chi connectivity index (χ1v) is 7.75. The monoisotopic (exact) mass is 302 g/mol. The maximum absolute atomic E-state index is 2.44. The number of hydrogen-bond acceptors (Lipinski definition) is 0. The molecule has 0 saturated carbocycles. The summed E-state index contributed by atoms with van der Waals surface area (Å²) in [6.45, 7) is 32.5. The summed E-state index contributed by atoms with van der Waals surface area (Å²) in [6, 6.07) is 0. The van der Waals surface area contributed by atoms with Gasteiger partial charge >= 0.3 is 0 Å². The molecule has 0 rings (SSSR count). The van der Waals surface area contributed by atoms with Crippen LogP contribution < -0.4 is 0 Å². The largest absolute Gasteiger partial charge is 0.0776 e. The third kappa shape index (κ3) is 8.89. The van der Waals surface area contributed by atoms with E-state index in [2.05, 4.69) is 96.9 Å². The highest BCUT2D eigenvalue weighted by molar-refractivity contribution is 5.02. The van der Waals surface area contributed by atoms with Crippen molar-refractivity contribution in [3.05, 3.63) is 0 Å². The minimum absolute atomic E-state index is 0. The zero-order valence-electron chi connectivity index (χ0n) is 16.5. The second-order valence-electron chi connectivity index (χ2n) is 10.9. The molecule has 0 aromatic heterocycles. The van der Waals surface area contributed by atoms with Crippen molar-refractivity contribution in [1.29, 1.82) is 0 Å². The van der Waals surface area contributed by atoms with Crippen molar-refractivity contribution in [2.45, 2.75) is 112 Å². The predicted molar refractivity (Wildman–Crippen MR) is 105 cm³/mol. The normalized spacial score (nSPS) is 13.4. The molecule has 0 bridgehead atoms. The highest BCUT2D eigenvalue weighted by atomic mass is 14.6. The van der Waals surface area contributed by atoms with Crippen molar-refractivity contribution in [1.82, 2.24) is 0 Å². The molecule has 0 radical (unpaired) electrons. The lowest BCUT2D eigenvalue weighted by molar-refractivity contribution is -0.105. The molecule has 0 fully saturated rings. The summed E-state index contributed by atoms with van der Waals surface area (Å²) in [7, 11) is 0. The van der Waals surface area contributed by atoms with E-state index in [1.54, 1.807) is 0 Å². The van der Waals surface area contributed by atoms with Gasteiger partial charge in [0.25, 0.3) is 0 Å². The molecule has 0 aliphatic carbocycles. The van der Waals surface area contributed by atoms with Gasteiger partial charge in [0.15, 0.2) is 0 Å². The third-order valence-corrected chi connectivity index (χ3v) is 4.50. The molecule has 0 N–H and O–H groups in total. The topological polar surface area (TPSA) is 0 Å². The van der Waals surface area contributed by atoms with Crippen LogP contribution in [0.25, 0.3) is 0 Å². The summed E-state index contributed by atoms with van der Waals surface area (Å²) in [5, 5.41) is 0. The molecule has 0 atom stereocenters. The summed E-state index contributed by atoms with van der Waals surface area (Å²) in [4.78, 5) is 0. The summed E-state index contributed by atoms with van der Waals surface area (Å²) >= 11 is 0. The second-order valence-corrected chi connectivity index (χ2v) is 10.9. The van der Waals surface area contributed by atoms with Gasteiger partial charge < -0.3 is 0 Å². The molecule has 0 saturated heterocycles. The standard InChI is InChI=1S/C14H30.C5H12.2CH4/c1-11(2,3)14(10,12(4,5)6)13(7,8)9;1-5(2,3)4;;/h1-10H3;1-4H3;2*1H4. The Morgan fingerprint density at radius 1 is 0.333 bits per heavy atom. The fourth-order valence-corrected chi connectivity index (χ4v) is 3.38. The first-order valence-electron chi connectivity index (χ1n) is 7.75. The van der Waals surface area contributed by atoms with Crippen LogP contribution in [0.3, 0.4) is 0 Å². The molecular formula is C21H50. The molecule has 0 amide bonds. The average molecular weight is 303 g/mol. The van der Waals surface area contributed by atoms with Crippen molar-refractivity contribution >= 4 is 0 Å². The molecular weight excluding hydrogens is 252 g/mol. The summed E-state index contributed by atoms with van der Waals surface area (Å²) in [6.07, 6.45) is 0. The van der Waals surface area contributed by atoms with Gasteiger partial charge in [-0.1, -0.05) is 112 Å². The fraction of sp³-hybridized carbons (Fsp3) is 1.00. The average Bonchev–Trinajstić information content (AvgIpc) is 1.92. The van der Waals surface area contributed by atoms with Gasteiger partial charge in [-0.05, 0) is 27.1 Å². The van der Waals surface area contributed by atoms with Gasteiger partial charge in [-0.25, -0.2) is 0 Å². The molecule has 0 aliphatic heterocycles. The van der Waals surface area contributed by atoms with Crippen molar-refractivity contribution in [3.8, 4) is 0 Å². The van der Waals surface area contributed by atoms with Gasteiger partial charge in [-0.15, -0.1) is 0 Å². The Kier molecular flexibility index (Phi) is 11.1. The van der Waals surface area contributed by atoms with Crippen LogP contribution in [-0.2, 0) is 0 Å². The van der Waals surface area contributed by atoms with Crippen LogP contribution in [0, 0.1) is 27.1 Å². The summed E-state index contributed by atoms with van der Waals surface area (Å²) < 4.78 is 0. The lowest BCUT2D eigenvalue weighted by Gasteiger charge is -2.59. The van der Waals surface area contributed by atoms with Crippen molar-refractivity contribution < 1.29 is 0 Å². The van der Waals surface area contributed by atoms with E-state index in [9.17, 15) is 0 Å². The van der Waals surface area contributed by atoms with Crippen molar-refractivity contribution in [2.75, 3.05) is 0 Å². The van der Waals surface area contributed by atoms with Gasteiger partial charge in [0, 0.05) is 0 Å². The highest BCUT2D eigenvalue weighted by Crippen LogP contribution is 2.60. The van der Waals surface area contributed by atoms with E-state index in [1.807, 2.05) is 0 Å². The van der Waals surface area contributed by atoms with E-state index in [0.717, 1.165) is 0 Å². The molecule has 0 unspecified atom stereocenters. The van der Waals surface area contributed by atoms with Crippen LogP contribution in [0.2, 0.25) is 0 Å². The molecule has 0 aromatic carbocycles. The van der Waals surface area contributed by atoms with Crippen LogP contribution >= 0.6 is 0 Å². The Hall–Kier alpha value is 0. The molecule has 0 aromatic rings. The zero-order valence-corrected chi connectivity index (χ0v) is 16.5. The minimum Gasteiger partial charge on any atom is -0.0776 e. The summed E-state index contributed by atoms with van der Waals surface area (Å²) in [5.74, 6) is 0. The highest BCUT2D eigenvalue weighted by Gasteiger charge is 2.53. The van der Waals surface area contributed by atoms with E-state index < -0.39 is 0 Å². The molecule has 0 heterocycles. The van der Waals surface area contributed by atoms with Crippen LogP contribution in [0.1, 0.15) is 112 Å². The van der Waals surface area contributed by atoms with Crippen LogP contribution in [0.5, 0.6) is 0 Å². The Bertz CT molecular complexity index is 212. The van der Waals surface area contributed by atoms with E-state index in [0.29, 0.717) is 27.1 Å². The van der Waals surface area contributed by atoms with Gasteiger partial charge in [-0.2, -0.15) is 0 Å². The van der Waals surface area contributed by atoms with E-state index >= 15 is 0 Å². The summed E-state index contributed by atoms with van der Waals surface area (Å²) in [5.41, 5.74) is 1.78. The third-order valence-electron chi connectivity index (χ3n) is 4.50. The van der Waals surface area contributed by atoms with Crippen molar-refractivity contribution in [2.24, 2.45) is 27.1 Å². The SMILES string of the molecule is C.C.CC(C)(C)C.CC(C)(C)C(C)(C(C)(C)C)C(C)(C)C. The van der Waals surface area contributed by atoms with Gasteiger partial charge in [0.05, 0.1) is 0 Å². The molecule has 134 valence electrons. The number of rotatable bonds is 0.